The molecule has 4 nitrogen and oxygen atoms in total. The van der Waals surface area contributed by atoms with Crippen LogP contribution in [0.2, 0.25) is 0 Å². The van der Waals surface area contributed by atoms with Gasteiger partial charge < -0.3 is 4.74 Å². The Kier molecular flexibility index (Phi) is 4.73. The highest BCUT2D eigenvalue weighted by molar-refractivity contribution is 5.96. The summed E-state index contributed by atoms with van der Waals surface area (Å²) in [6.45, 7) is 5.82. The first-order chi connectivity index (χ1) is 10.0. The van der Waals surface area contributed by atoms with E-state index in [2.05, 4.69) is 18.9 Å². The molecule has 1 unspecified atom stereocenters. The van der Waals surface area contributed by atoms with E-state index in [0.29, 0.717) is 11.8 Å². The largest absolute Gasteiger partial charge is 0.486 e. The summed E-state index contributed by atoms with van der Waals surface area (Å²) in [6, 6.07) is 6.15. The predicted octanol–water partition coefficient (Wildman–Crippen LogP) is 3.77. The molecule has 0 bridgehead atoms. The molecule has 1 aromatic carbocycles. The van der Waals surface area contributed by atoms with Crippen molar-refractivity contribution in [2.24, 2.45) is 0 Å². The number of ketones is 1. The predicted molar refractivity (Wildman–Crippen MR) is 78.0 cm³/mol. The zero-order valence-corrected chi connectivity index (χ0v) is 12.5. The lowest BCUT2D eigenvalue weighted by Crippen LogP contribution is -2.06. The lowest BCUT2D eigenvalue weighted by molar-refractivity contribution is 0.101. The second kappa shape index (κ2) is 6.52. The molecule has 0 N–H and O–H groups in total. The maximum absolute atomic E-state index is 13.2. The highest BCUT2D eigenvalue weighted by Gasteiger charge is 2.11. The van der Waals surface area contributed by atoms with Crippen LogP contribution in [0, 0.1) is 5.82 Å². The summed E-state index contributed by atoms with van der Waals surface area (Å²) < 4.78 is 20.7. The number of carbonyl (C=O) groups is 1. The van der Waals surface area contributed by atoms with Gasteiger partial charge in [0.1, 0.15) is 18.2 Å². The number of carbonyl (C=O) groups excluding carboxylic acids is 1. The van der Waals surface area contributed by atoms with Crippen LogP contribution in [0.1, 0.15) is 49.3 Å². The van der Waals surface area contributed by atoms with Crippen molar-refractivity contribution in [2.45, 2.75) is 39.8 Å². The van der Waals surface area contributed by atoms with Crippen LogP contribution in [0.3, 0.4) is 0 Å². The van der Waals surface area contributed by atoms with Gasteiger partial charge in [-0.1, -0.05) is 6.92 Å². The minimum atomic E-state index is -0.450. The maximum atomic E-state index is 13.2. The average molecular weight is 290 g/mol. The number of ether oxygens (including phenoxy) is 1. The fourth-order valence-electron chi connectivity index (χ4n) is 1.94. The normalized spacial score (nSPS) is 12.2. The van der Waals surface area contributed by atoms with Gasteiger partial charge in [0, 0.05) is 12.2 Å². The van der Waals surface area contributed by atoms with E-state index < -0.39 is 5.82 Å². The first-order valence-electron chi connectivity index (χ1n) is 6.98. The van der Waals surface area contributed by atoms with Crippen LogP contribution in [-0.2, 0) is 6.61 Å². The number of hydrogen-bond acceptors (Lipinski definition) is 3. The van der Waals surface area contributed by atoms with E-state index in [0.717, 1.165) is 12.1 Å². The molecule has 112 valence electrons. The third-order valence-corrected chi connectivity index (χ3v) is 3.40. The molecule has 1 aromatic heterocycles. The topological polar surface area (TPSA) is 44.1 Å². The minimum absolute atomic E-state index is 0.227. The summed E-state index contributed by atoms with van der Waals surface area (Å²) in [7, 11) is 0. The molecule has 0 radical (unpaired) electrons. The highest BCUT2D eigenvalue weighted by Crippen LogP contribution is 2.21. The van der Waals surface area contributed by atoms with Crippen LogP contribution in [0.25, 0.3) is 0 Å². The fraction of sp³-hybridized carbons (Fsp3) is 0.375. The Balaban J connectivity index is 2.09. The molecule has 2 rings (SSSR count). The summed E-state index contributed by atoms with van der Waals surface area (Å²) in [5, 5.41) is 4.42. The Bertz CT molecular complexity index is 637. The number of Topliss-reactive ketones (excluding diaryl/α,β-unsaturated/α-hetero) is 1. The zero-order valence-electron chi connectivity index (χ0n) is 12.5. The van der Waals surface area contributed by atoms with Gasteiger partial charge in [-0.3, -0.25) is 9.48 Å². The van der Waals surface area contributed by atoms with E-state index in [-0.39, 0.29) is 18.0 Å². The Morgan fingerprint density at radius 2 is 2.19 bits per heavy atom. The number of benzene rings is 1. The van der Waals surface area contributed by atoms with Gasteiger partial charge >= 0.3 is 0 Å². The molecule has 0 aliphatic heterocycles. The third-order valence-electron chi connectivity index (χ3n) is 3.40. The van der Waals surface area contributed by atoms with Crippen LogP contribution in [0.4, 0.5) is 4.39 Å². The van der Waals surface area contributed by atoms with Crippen molar-refractivity contribution in [1.82, 2.24) is 9.78 Å². The third kappa shape index (κ3) is 3.68. The van der Waals surface area contributed by atoms with Crippen molar-refractivity contribution >= 4 is 5.78 Å². The number of nitrogens with zero attached hydrogens (tertiary/aromatic N) is 2. The first kappa shape index (κ1) is 15.2. The van der Waals surface area contributed by atoms with Crippen molar-refractivity contribution in [3.05, 3.63) is 47.5 Å². The molecule has 0 aliphatic rings. The van der Waals surface area contributed by atoms with E-state index >= 15 is 0 Å². The molecule has 0 fully saturated rings. The van der Waals surface area contributed by atoms with Crippen LogP contribution >= 0.6 is 0 Å². The fourth-order valence-corrected chi connectivity index (χ4v) is 1.94. The lowest BCUT2D eigenvalue weighted by Gasteiger charge is -2.10. The Labute approximate surface area is 123 Å². The van der Waals surface area contributed by atoms with Gasteiger partial charge in [-0.25, -0.2) is 4.39 Å². The zero-order chi connectivity index (χ0) is 15.4. The van der Waals surface area contributed by atoms with E-state index in [1.807, 2.05) is 16.9 Å². The van der Waals surface area contributed by atoms with Gasteiger partial charge in [0.25, 0.3) is 0 Å². The monoisotopic (exact) mass is 290 g/mol. The standard InChI is InChI=1S/C16H19FN2O2/c1-4-11(2)19-8-7-14(18-19)10-21-16-6-5-13(17)9-15(16)12(3)20/h5-9,11H,4,10H2,1-3H3. The van der Waals surface area contributed by atoms with Crippen molar-refractivity contribution in [3.8, 4) is 5.75 Å². The molecule has 0 spiro atoms. The Morgan fingerprint density at radius 3 is 2.86 bits per heavy atom. The summed E-state index contributed by atoms with van der Waals surface area (Å²) in [5.41, 5.74) is 1.02. The molecular weight excluding hydrogens is 271 g/mol. The molecule has 0 amide bonds. The number of rotatable bonds is 6. The number of aromatic nitrogens is 2. The first-order valence-corrected chi connectivity index (χ1v) is 6.98. The van der Waals surface area contributed by atoms with Gasteiger partial charge in [0.15, 0.2) is 5.78 Å². The molecule has 2 aromatic rings. The highest BCUT2D eigenvalue weighted by atomic mass is 19.1. The Hall–Kier alpha value is -2.17. The molecule has 0 saturated carbocycles. The summed E-state index contributed by atoms with van der Waals surface area (Å²) in [6.07, 6.45) is 2.90. The van der Waals surface area contributed by atoms with Gasteiger partial charge in [-0.2, -0.15) is 5.10 Å². The smallest absolute Gasteiger partial charge is 0.163 e. The van der Waals surface area contributed by atoms with Crippen LogP contribution in [0.5, 0.6) is 5.75 Å². The van der Waals surface area contributed by atoms with Gasteiger partial charge in [0.2, 0.25) is 0 Å². The van der Waals surface area contributed by atoms with E-state index in [1.54, 1.807) is 0 Å². The Morgan fingerprint density at radius 1 is 1.43 bits per heavy atom. The van der Waals surface area contributed by atoms with Crippen molar-refractivity contribution in [2.75, 3.05) is 0 Å². The van der Waals surface area contributed by atoms with Crippen LogP contribution in [0.15, 0.2) is 30.5 Å². The lowest BCUT2D eigenvalue weighted by atomic mass is 10.1. The number of hydrogen-bond donors (Lipinski definition) is 0. The van der Waals surface area contributed by atoms with E-state index in [1.165, 1.54) is 25.1 Å². The summed E-state index contributed by atoms with van der Waals surface area (Å²) >= 11 is 0. The van der Waals surface area contributed by atoms with Gasteiger partial charge in [-0.15, -0.1) is 0 Å². The molecule has 0 saturated heterocycles. The van der Waals surface area contributed by atoms with Crippen molar-refractivity contribution in [3.63, 3.8) is 0 Å². The van der Waals surface area contributed by atoms with E-state index in [4.69, 9.17) is 4.74 Å². The summed E-state index contributed by atoms with van der Waals surface area (Å²) in [5.74, 6) is -0.301. The van der Waals surface area contributed by atoms with E-state index in [9.17, 15) is 9.18 Å². The second-order valence-electron chi connectivity index (χ2n) is 5.03. The molecule has 5 heteroatoms. The van der Waals surface area contributed by atoms with Crippen LogP contribution in [-0.4, -0.2) is 15.6 Å². The molecule has 21 heavy (non-hydrogen) atoms. The van der Waals surface area contributed by atoms with Gasteiger partial charge in [-0.05, 0) is 44.5 Å². The number of halogens is 1. The molecule has 0 aliphatic carbocycles. The average Bonchev–Trinajstić information content (AvgIpc) is 2.93. The molecule has 1 heterocycles. The quantitative estimate of drug-likeness (QED) is 0.761. The maximum Gasteiger partial charge on any atom is 0.163 e. The molecular formula is C16H19FN2O2. The second-order valence-corrected chi connectivity index (χ2v) is 5.03. The summed E-state index contributed by atoms with van der Waals surface area (Å²) in [4.78, 5) is 11.5. The van der Waals surface area contributed by atoms with Crippen LogP contribution < -0.4 is 4.74 Å². The van der Waals surface area contributed by atoms with Gasteiger partial charge in [0.05, 0.1) is 11.3 Å². The van der Waals surface area contributed by atoms with Crippen molar-refractivity contribution in [1.29, 1.82) is 0 Å². The minimum Gasteiger partial charge on any atom is -0.486 e. The van der Waals surface area contributed by atoms with Crippen molar-refractivity contribution < 1.29 is 13.9 Å². The molecule has 1 atom stereocenters. The SMILES string of the molecule is CCC(C)n1ccc(COc2ccc(F)cc2C(C)=O)n1.